The number of nitrogens with one attached hydrogen (secondary N) is 1. The molecule has 1 unspecified atom stereocenters. The van der Waals surface area contributed by atoms with Gasteiger partial charge >= 0.3 is 0 Å². The highest BCUT2D eigenvalue weighted by Gasteiger charge is 2.21. The fourth-order valence-electron chi connectivity index (χ4n) is 2.78. The molecule has 0 bridgehead atoms. The van der Waals surface area contributed by atoms with Gasteiger partial charge in [0, 0.05) is 17.6 Å². The lowest BCUT2D eigenvalue weighted by Crippen LogP contribution is -2.40. The van der Waals surface area contributed by atoms with E-state index in [1.165, 1.54) is 37.8 Å². The molecule has 18 heavy (non-hydrogen) atoms. The summed E-state index contributed by atoms with van der Waals surface area (Å²) in [6, 6.07) is 8.98. The minimum atomic E-state index is 0.727. The molecule has 100 valence electrons. The van der Waals surface area contributed by atoms with E-state index in [0.717, 1.165) is 24.2 Å². The van der Waals surface area contributed by atoms with E-state index in [0.29, 0.717) is 0 Å². The maximum atomic E-state index is 6.05. The molecule has 1 aromatic carbocycles. The molecule has 3 heteroatoms. The van der Waals surface area contributed by atoms with Gasteiger partial charge in [0.25, 0.3) is 0 Å². The van der Waals surface area contributed by atoms with Crippen molar-refractivity contribution in [3.8, 4) is 0 Å². The van der Waals surface area contributed by atoms with E-state index in [4.69, 9.17) is 11.6 Å². The molecule has 1 atom stereocenters. The van der Waals surface area contributed by atoms with Crippen LogP contribution >= 0.6 is 11.6 Å². The Morgan fingerprint density at radius 2 is 2.28 bits per heavy atom. The number of hydrogen-bond donors (Lipinski definition) is 1. The van der Waals surface area contributed by atoms with Crippen LogP contribution < -0.4 is 5.32 Å². The van der Waals surface area contributed by atoms with Crippen molar-refractivity contribution >= 4 is 11.6 Å². The second kappa shape index (κ2) is 7.13. The molecule has 2 nitrogen and oxygen atoms in total. The Kier molecular flexibility index (Phi) is 5.48. The molecular formula is C15H23ClN2. The Bertz CT molecular complexity index is 367. The summed E-state index contributed by atoms with van der Waals surface area (Å²) in [7, 11) is 2.03. The van der Waals surface area contributed by atoms with Gasteiger partial charge in [0.05, 0.1) is 0 Å². The highest BCUT2D eigenvalue weighted by Crippen LogP contribution is 2.22. The van der Waals surface area contributed by atoms with Crippen LogP contribution in [0.5, 0.6) is 0 Å². The van der Waals surface area contributed by atoms with Crippen molar-refractivity contribution in [2.75, 3.05) is 20.1 Å². The van der Waals surface area contributed by atoms with Gasteiger partial charge in [-0.15, -0.1) is 0 Å². The lowest BCUT2D eigenvalue weighted by Gasteiger charge is -2.36. The predicted octanol–water partition coefficient (Wildman–Crippen LogP) is 3.30. The van der Waals surface area contributed by atoms with Crippen LogP contribution in [0.1, 0.15) is 31.2 Å². The van der Waals surface area contributed by atoms with Crippen molar-refractivity contribution in [2.24, 2.45) is 0 Å². The van der Waals surface area contributed by atoms with Crippen molar-refractivity contribution in [3.63, 3.8) is 0 Å². The fourth-order valence-corrected chi connectivity index (χ4v) is 2.99. The van der Waals surface area contributed by atoms with E-state index < -0.39 is 0 Å². The Morgan fingerprint density at radius 1 is 1.39 bits per heavy atom. The molecule has 1 saturated heterocycles. The average Bonchev–Trinajstić information content (AvgIpc) is 2.38. The van der Waals surface area contributed by atoms with E-state index in [-0.39, 0.29) is 0 Å². The van der Waals surface area contributed by atoms with E-state index in [1.807, 2.05) is 19.2 Å². The molecule has 2 rings (SSSR count). The quantitative estimate of drug-likeness (QED) is 0.880. The van der Waals surface area contributed by atoms with Gasteiger partial charge < -0.3 is 5.32 Å². The Hall–Kier alpha value is -0.570. The molecular weight excluding hydrogens is 244 g/mol. The van der Waals surface area contributed by atoms with Crippen LogP contribution in [0.25, 0.3) is 0 Å². The van der Waals surface area contributed by atoms with Gasteiger partial charge in [0.2, 0.25) is 0 Å². The van der Waals surface area contributed by atoms with Crippen LogP contribution in [0.15, 0.2) is 24.3 Å². The van der Waals surface area contributed by atoms with Crippen LogP contribution in [0.4, 0.5) is 0 Å². The second-order valence-electron chi connectivity index (χ2n) is 5.14. The van der Waals surface area contributed by atoms with E-state index in [9.17, 15) is 0 Å². The van der Waals surface area contributed by atoms with Crippen molar-refractivity contribution in [3.05, 3.63) is 34.9 Å². The highest BCUT2D eigenvalue weighted by atomic mass is 35.5. The fraction of sp³-hybridized carbons (Fsp3) is 0.600. The highest BCUT2D eigenvalue weighted by molar-refractivity contribution is 6.30. The first-order valence-electron chi connectivity index (χ1n) is 6.92. The first-order valence-corrected chi connectivity index (χ1v) is 7.30. The van der Waals surface area contributed by atoms with E-state index in [2.05, 4.69) is 22.3 Å². The molecule has 0 aromatic heterocycles. The minimum Gasteiger partial charge on any atom is -0.320 e. The minimum absolute atomic E-state index is 0.727. The van der Waals surface area contributed by atoms with Gasteiger partial charge in [-0.1, -0.05) is 30.2 Å². The number of hydrogen-bond acceptors (Lipinski definition) is 2. The smallest absolute Gasteiger partial charge is 0.0409 e. The summed E-state index contributed by atoms with van der Waals surface area (Å²) in [6.07, 6.45) is 5.29. The monoisotopic (exact) mass is 266 g/mol. The van der Waals surface area contributed by atoms with Crippen LogP contribution in [-0.2, 0) is 6.54 Å². The SMILES string of the molecule is CNCCC1CCCCN1Cc1cccc(Cl)c1. The topological polar surface area (TPSA) is 15.3 Å². The molecule has 1 aliphatic rings. The molecule has 0 spiro atoms. The standard InChI is InChI=1S/C15H23ClN2/c1-17-9-8-15-7-2-3-10-18(15)12-13-5-4-6-14(16)11-13/h4-6,11,15,17H,2-3,7-10,12H2,1H3. The number of halogens is 1. The summed E-state index contributed by atoms with van der Waals surface area (Å²) in [6.45, 7) is 3.37. The van der Waals surface area contributed by atoms with Gasteiger partial charge in [-0.2, -0.15) is 0 Å². The molecule has 1 fully saturated rings. The molecule has 0 amide bonds. The maximum absolute atomic E-state index is 6.05. The molecule has 0 saturated carbocycles. The van der Waals surface area contributed by atoms with Crippen LogP contribution in [0.2, 0.25) is 5.02 Å². The van der Waals surface area contributed by atoms with Gasteiger partial charge in [-0.25, -0.2) is 0 Å². The number of piperidine rings is 1. The molecule has 0 aliphatic carbocycles. The Morgan fingerprint density at radius 3 is 3.06 bits per heavy atom. The zero-order valence-corrected chi connectivity index (χ0v) is 11.9. The van der Waals surface area contributed by atoms with Crippen molar-refractivity contribution in [1.29, 1.82) is 0 Å². The predicted molar refractivity (Wildman–Crippen MR) is 78.0 cm³/mol. The molecule has 1 N–H and O–H groups in total. The van der Waals surface area contributed by atoms with Gasteiger partial charge in [-0.05, 0) is 57.1 Å². The molecule has 1 aromatic rings. The van der Waals surface area contributed by atoms with E-state index >= 15 is 0 Å². The molecule has 1 aliphatic heterocycles. The average molecular weight is 267 g/mol. The maximum Gasteiger partial charge on any atom is 0.0409 e. The lowest BCUT2D eigenvalue weighted by atomic mass is 9.98. The summed E-state index contributed by atoms with van der Waals surface area (Å²) in [5.41, 5.74) is 1.33. The van der Waals surface area contributed by atoms with Crippen LogP contribution in [0.3, 0.4) is 0 Å². The molecule has 0 radical (unpaired) electrons. The van der Waals surface area contributed by atoms with E-state index in [1.54, 1.807) is 0 Å². The summed E-state index contributed by atoms with van der Waals surface area (Å²) in [4.78, 5) is 2.62. The zero-order valence-electron chi connectivity index (χ0n) is 11.2. The third-order valence-electron chi connectivity index (χ3n) is 3.75. The van der Waals surface area contributed by atoms with Gasteiger partial charge in [-0.3, -0.25) is 4.90 Å². The number of benzene rings is 1. The van der Waals surface area contributed by atoms with Gasteiger partial charge in [0.1, 0.15) is 0 Å². The molecule has 1 heterocycles. The third kappa shape index (κ3) is 3.98. The summed E-state index contributed by atoms with van der Waals surface area (Å²) < 4.78 is 0. The summed E-state index contributed by atoms with van der Waals surface area (Å²) in [5, 5.41) is 4.10. The second-order valence-corrected chi connectivity index (χ2v) is 5.58. The first-order chi connectivity index (χ1) is 8.79. The number of nitrogens with zero attached hydrogens (tertiary/aromatic N) is 1. The normalized spacial score (nSPS) is 21.1. The summed E-state index contributed by atoms with van der Waals surface area (Å²) >= 11 is 6.05. The van der Waals surface area contributed by atoms with Crippen molar-refractivity contribution in [2.45, 2.75) is 38.3 Å². The lowest BCUT2D eigenvalue weighted by molar-refractivity contribution is 0.132. The van der Waals surface area contributed by atoms with Crippen LogP contribution in [-0.4, -0.2) is 31.1 Å². The zero-order chi connectivity index (χ0) is 12.8. The van der Waals surface area contributed by atoms with Crippen molar-refractivity contribution < 1.29 is 0 Å². The van der Waals surface area contributed by atoms with Crippen molar-refractivity contribution in [1.82, 2.24) is 10.2 Å². The van der Waals surface area contributed by atoms with Crippen LogP contribution in [0, 0.1) is 0 Å². The number of likely N-dealkylation sites (tertiary alicyclic amines) is 1. The largest absolute Gasteiger partial charge is 0.320 e. The number of rotatable bonds is 5. The third-order valence-corrected chi connectivity index (χ3v) is 3.99. The van der Waals surface area contributed by atoms with Gasteiger partial charge in [0.15, 0.2) is 0 Å². The summed E-state index contributed by atoms with van der Waals surface area (Å²) in [5.74, 6) is 0. The Labute approximate surface area is 115 Å². The Balaban J connectivity index is 1.96. The first kappa shape index (κ1) is 13.9.